The van der Waals surface area contributed by atoms with Gasteiger partial charge in [0.15, 0.2) is 6.29 Å². The van der Waals surface area contributed by atoms with Crippen molar-refractivity contribution in [2.45, 2.75) is 13.0 Å². The van der Waals surface area contributed by atoms with Crippen LogP contribution in [0.4, 0.5) is 8.78 Å². The van der Waals surface area contributed by atoms with Gasteiger partial charge in [0.1, 0.15) is 11.4 Å². The Labute approximate surface area is 85.1 Å². The van der Waals surface area contributed by atoms with Crippen LogP contribution in [0, 0.1) is 0 Å². The Morgan fingerprint density at radius 2 is 2.33 bits per heavy atom. The molecule has 1 rings (SSSR count). The van der Waals surface area contributed by atoms with E-state index in [1.165, 1.54) is 7.11 Å². The number of methoxy groups -OCH3 is 1. The van der Waals surface area contributed by atoms with Crippen molar-refractivity contribution in [1.29, 1.82) is 0 Å². The molecule has 0 bridgehead atoms. The van der Waals surface area contributed by atoms with E-state index in [2.05, 4.69) is 4.98 Å². The second-order valence-electron chi connectivity index (χ2n) is 2.73. The smallest absolute Gasteiger partial charge is 0.281 e. The zero-order chi connectivity index (χ0) is 11.4. The highest BCUT2D eigenvalue weighted by molar-refractivity contribution is 5.80. The Hall–Kier alpha value is -1.56. The zero-order valence-electron chi connectivity index (χ0n) is 8.04. The number of pyridine rings is 1. The van der Waals surface area contributed by atoms with Gasteiger partial charge >= 0.3 is 0 Å². The van der Waals surface area contributed by atoms with Crippen LogP contribution in [-0.2, 0) is 6.54 Å². The molecule has 0 saturated heterocycles. The minimum absolute atomic E-state index is 0.0561. The molecule has 0 aliphatic heterocycles. The molecular weight excluding hydrogens is 206 g/mol. The van der Waals surface area contributed by atoms with E-state index in [9.17, 15) is 13.6 Å². The van der Waals surface area contributed by atoms with Crippen LogP contribution in [0.15, 0.2) is 6.20 Å². The first-order valence-electron chi connectivity index (χ1n) is 4.14. The normalized spacial score (nSPS) is 10.5. The molecule has 1 aromatic heterocycles. The number of alkyl halides is 2. The second kappa shape index (κ2) is 4.79. The molecule has 0 spiro atoms. The molecule has 0 fully saturated rings. The van der Waals surface area contributed by atoms with Crippen LogP contribution in [0.25, 0.3) is 0 Å². The molecule has 0 aliphatic rings. The van der Waals surface area contributed by atoms with Crippen LogP contribution < -0.4 is 10.5 Å². The molecular formula is C9H10F2N2O2. The highest BCUT2D eigenvalue weighted by Gasteiger charge is 2.20. The first kappa shape index (κ1) is 11.5. The summed E-state index contributed by atoms with van der Waals surface area (Å²) in [4.78, 5) is 14.2. The molecule has 0 amide bonds. The van der Waals surface area contributed by atoms with Crippen molar-refractivity contribution in [2.75, 3.05) is 7.11 Å². The number of nitrogens with two attached hydrogens (primary N) is 1. The van der Waals surface area contributed by atoms with E-state index in [1.807, 2.05) is 0 Å². The standard InChI is InChI=1S/C9H10F2N2O2/c1-15-7-3-13-8(9(10)11)6(4-14)5(7)2-12/h3-4,9H,2,12H2,1H3. The van der Waals surface area contributed by atoms with Gasteiger partial charge in [-0.1, -0.05) is 0 Å². The summed E-state index contributed by atoms with van der Waals surface area (Å²) in [6, 6.07) is 0. The van der Waals surface area contributed by atoms with Gasteiger partial charge in [0.25, 0.3) is 6.43 Å². The summed E-state index contributed by atoms with van der Waals surface area (Å²) < 4.78 is 29.8. The topological polar surface area (TPSA) is 65.2 Å². The van der Waals surface area contributed by atoms with E-state index in [0.29, 0.717) is 6.29 Å². The van der Waals surface area contributed by atoms with Gasteiger partial charge in [-0.3, -0.25) is 9.78 Å². The van der Waals surface area contributed by atoms with Gasteiger partial charge in [-0.15, -0.1) is 0 Å². The summed E-state index contributed by atoms with van der Waals surface area (Å²) in [5.41, 5.74) is 4.86. The van der Waals surface area contributed by atoms with Crippen LogP contribution in [0.5, 0.6) is 5.75 Å². The summed E-state index contributed by atoms with van der Waals surface area (Å²) in [7, 11) is 1.35. The first-order chi connectivity index (χ1) is 7.15. The summed E-state index contributed by atoms with van der Waals surface area (Å²) in [5, 5.41) is 0. The number of rotatable bonds is 4. The number of carbonyl (C=O) groups is 1. The van der Waals surface area contributed by atoms with E-state index in [4.69, 9.17) is 10.5 Å². The Morgan fingerprint density at radius 3 is 2.73 bits per heavy atom. The maximum atomic E-state index is 12.5. The quantitative estimate of drug-likeness (QED) is 0.770. The SMILES string of the molecule is COc1cnc(C(F)F)c(C=O)c1CN. The Balaban J connectivity index is 3.40. The van der Waals surface area contributed by atoms with E-state index in [0.717, 1.165) is 6.20 Å². The Kier molecular flexibility index (Phi) is 3.68. The minimum Gasteiger partial charge on any atom is -0.495 e. The fraction of sp³-hybridized carbons (Fsp3) is 0.333. The minimum atomic E-state index is -2.80. The number of aldehydes is 1. The largest absolute Gasteiger partial charge is 0.495 e. The highest BCUT2D eigenvalue weighted by Crippen LogP contribution is 2.27. The van der Waals surface area contributed by atoms with E-state index >= 15 is 0 Å². The highest BCUT2D eigenvalue weighted by atomic mass is 19.3. The van der Waals surface area contributed by atoms with Gasteiger partial charge in [0.05, 0.1) is 13.3 Å². The molecule has 82 valence electrons. The number of ether oxygens (including phenoxy) is 1. The van der Waals surface area contributed by atoms with Gasteiger partial charge in [0.2, 0.25) is 0 Å². The molecule has 2 N–H and O–H groups in total. The number of nitrogens with zero attached hydrogens (tertiary/aromatic N) is 1. The lowest BCUT2D eigenvalue weighted by Crippen LogP contribution is -2.09. The lowest BCUT2D eigenvalue weighted by molar-refractivity contribution is 0.110. The Morgan fingerprint density at radius 1 is 1.67 bits per heavy atom. The maximum Gasteiger partial charge on any atom is 0.281 e. The molecule has 0 aliphatic carbocycles. The summed E-state index contributed by atoms with van der Waals surface area (Å²) in [6.07, 6.45) is -1.35. The van der Waals surface area contributed by atoms with Crippen LogP contribution in [0.2, 0.25) is 0 Å². The third-order valence-corrected chi connectivity index (χ3v) is 1.97. The molecule has 1 heterocycles. The van der Waals surface area contributed by atoms with Gasteiger partial charge in [-0.25, -0.2) is 8.78 Å². The fourth-order valence-electron chi connectivity index (χ4n) is 1.25. The second-order valence-corrected chi connectivity index (χ2v) is 2.73. The molecule has 4 nitrogen and oxygen atoms in total. The molecule has 0 aromatic carbocycles. The molecule has 0 atom stereocenters. The van der Waals surface area contributed by atoms with Crippen molar-refractivity contribution < 1.29 is 18.3 Å². The van der Waals surface area contributed by atoms with Crippen molar-refractivity contribution in [3.8, 4) is 5.75 Å². The van der Waals surface area contributed by atoms with Crippen LogP contribution in [-0.4, -0.2) is 18.4 Å². The van der Waals surface area contributed by atoms with E-state index in [-0.39, 0.29) is 23.4 Å². The summed E-state index contributed by atoms with van der Waals surface area (Å²) in [6.45, 7) is -0.0561. The average molecular weight is 216 g/mol. The third-order valence-electron chi connectivity index (χ3n) is 1.97. The monoisotopic (exact) mass is 216 g/mol. The van der Waals surface area contributed by atoms with Gasteiger partial charge in [-0.2, -0.15) is 0 Å². The lowest BCUT2D eigenvalue weighted by atomic mass is 10.1. The maximum absolute atomic E-state index is 12.5. The number of halogens is 2. The van der Waals surface area contributed by atoms with Crippen molar-refractivity contribution in [3.63, 3.8) is 0 Å². The lowest BCUT2D eigenvalue weighted by Gasteiger charge is -2.11. The molecule has 0 unspecified atom stereocenters. The summed E-state index contributed by atoms with van der Waals surface area (Å²) >= 11 is 0. The van der Waals surface area contributed by atoms with Crippen molar-refractivity contribution in [1.82, 2.24) is 4.98 Å². The summed E-state index contributed by atoms with van der Waals surface area (Å²) in [5.74, 6) is 0.240. The van der Waals surface area contributed by atoms with Crippen LogP contribution in [0.3, 0.4) is 0 Å². The molecule has 0 saturated carbocycles. The predicted molar refractivity (Wildman–Crippen MR) is 49.0 cm³/mol. The van der Waals surface area contributed by atoms with Crippen molar-refractivity contribution >= 4 is 6.29 Å². The number of aromatic nitrogens is 1. The van der Waals surface area contributed by atoms with Gasteiger partial charge in [-0.05, 0) is 0 Å². The molecule has 15 heavy (non-hydrogen) atoms. The van der Waals surface area contributed by atoms with Crippen LogP contribution in [0.1, 0.15) is 28.0 Å². The van der Waals surface area contributed by atoms with Crippen molar-refractivity contribution in [3.05, 3.63) is 23.0 Å². The Bertz CT molecular complexity index is 369. The molecule has 1 aromatic rings. The van der Waals surface area contributed by atoms with Gasteiger partial charge in [0, 0.05) is 17.7 Å². The van der Waals surface area contributed by atoms with E-state index < -0.39 is 12.1 Å². The number of carbonyl (C=O) groups excluding carboxylic acids is 1. The first-order valence-corrected chi connectivity index (χ1v) is 4.14. The number of hydrogen-bond donors (Lipinski definition) is 1. The van der Waals surface area contributed by atoms with Crippen molar-refractivity contribution in [2.24, 2.45) is 5.73 Å². The fourth-order valence-corrected chi connectivity index (χ4v) is 1.25. The van der Waals surface area contributed by atoms with Gasteiger partial charge < -0.3 is 10.5 Å². The number of hydrogen-bond acceptors (Lipinski definition) is 4. The zero-order valence-corrected chi connectivity index (χ0v) is 8.04. The molecule has 6 heteroatoms. The molecule has 0 radical (unpaired) electrons. The average Bonchev–Trinajstić information content (AvgIpc) is 2.26. The third kappa shape index (κ3) is 2.10. The van der Waals surface area contributed by atoms with Crippen LogP contribution >= 0.6 is 0 Å². The van der Waals surface area contributed by atoms with E-state index in [1.54, 1.807) is 0 Å². The predicted octanol–water partition coefficient (Wildman–Crippen LogP) is 1.30.